The molecule has 0 bridgehead atoms. The van der Waals surface area contributed by atoms with Crippen molar-refractivity contribution in [2.75, 3.05) is 19.8 Å². The standard InChI is InChI=1S/C14H29N2O7P/c1-5-6-10(9(2)3)13(14(19)20)16(21)11(17)7-15-8-12(18)24(4,22)23/h9-10,12-13,15,18,21H,5-8H2,1-4H3,(H,19,20)(H,22,23). The monoisotopic (exact) mass is 368 g/mol. The molecule has 0 radical (unpaired) electrons. The van der Waals surface area contributed by atoms with Gasteiger partial charge in [0, 0.05) is 13.2 Å². The third-order valence-corrected chi connectivity index (χ3v) is 5.10. The third kappa shape index (κ3) is 7.27. The van der Waals surface area contributed by atoms with Crippen LogP contribution >= 0.6 is 7.37 Å². The number of nitrogens with one attached hydrogen (secondary N) is 1. The van der Waals surface area contributed by atoms with Gasteiger partial charge in [0.2, 0.25) is 7.37 Å². The van der Waals surface area contributed by atoms with E-state index in [1.807, 2.05) is 20.8 Å². The highest BCUT2D eigenvalue weighted by molar-refractivity contribution is 7.57. The van der Waals surface area contributed by atoms with Crippen molar-refractivity contribution in [2.45, 2.75) is 45.5 Å². The average molecular weight is 368 g/mol. The second-order valence-corrected chi connectivity index (χ2v) is 8.76. The molecule has 142 valence electrons. The summed E-state index contributed by atoms with van der Waals surface area (Å²) >= 11 is 0. The number of carbonyl (C=O) groups excluding carboxylic acids is 1. The largest absolute Gasteiger partial charge is 0.480 e. The van der Waals surface area contributed by atoms with Crippen LogP contribution in [0.25, 0.3) is 0 Å². The molecule has 1 amide bonds. The highest BCUT2D eigenvalue weighted by atomic mass is 31.2. The van der Waals surface area contributed by atoms with E-state index in [0.29, 0.717) is 12.8 Å². The number of aliphatic hydroxyl groups excluding tert-OH is 1. The Balaban J connectivity index is 4.86. The van der Waals surface area contributed by atoms with Crippen molar-refractivity contribution in [3.8, 4) is 0 Å². The molecule has 0 saturated carbocycles. The van der Waals surface area contributed by atoms with E-state index in [0.717, 1.165) is 6.66 Å². The second kappa shape index (κ2) is 10.1. The minimum Gasteiger partial charge on any atom is -0.480 e. The first-order valence-corrected chi connectivity index (χ1v) is 10.0. The summed E-state index contributed by atoms with van der Waals surface area (Å²) in [5, 5.41) is 31.4. The van der Waals surface area contributed by atoms with E-state index < -0.39 is 43.6 Å². The Bertz CT molecular complexity index is 466. The van der Waals surface area contributed by atoms with Gasteiger partial charge in [0.05, 0.1) is 6.54 Å². The first-order valence-electron chi connectivity index (χ1n) is 7.85. The molecule has 0 rings (SSSR count). The van der Waals surface area contributed by atoms with Crippen LogP contribution < -0.4 is 5.32 Å². The molecule has 24 heavy (non-hydrogen) atoms. The van der Waals surface area contributed by atoms with Crippen LogP contribution in [0.3, 0.4) is 0 Å². The molecular weight excluding hydrogens is 339 g/mol. The fourth-order valence-corrected chi connectivity index (χ4v) is 2.84. The predicted octanol–water partition coefficient (Wildman–Crippen LogP) is 0.538. The van der Waals surface area contributed by atoms with Gasteiger partial charge in [0.1, 0.15) is 5.85 Å². The number of aliphatic hydroxyl groups is 1. The number of carboxylic acids is 1. The van der Waals surface area contributed by atoms with Gasteiger partial charge in [-0.05, 0) is 18.3 Å². The van der Waals surface area contributed by atoms with E-state index >= 15 is 0 Å². The van der Waals surface area contributed by atoms with Crippen molar-refractivity contribution >= 4 is 19.2 Å². The first kappa shape index (κ1) is 23.0. The third-order valence-electron chi connectivity index (χ3n) is 3.81. The van der Waals surface area contributed by atoms with Crippen LogP contribution in [0.5, 0.6) is 0 Å². The minimum atomic E-state index is -3.70. The van der Waals surface area contributed by atoms with Gasteiger partial charge < -0.3 is 20.4 Å². The van der Waals surface area contributed by atoms with Crippen LogP contribution in [-0.4, -0.2) is 68.9 Å². The first-order chi connectivity index (χ1) is 10.9. The number of hydrogen-bond donors (Lipinski definition) is 5. The van der Waals surface area contributed by atoms with Crippen molar-refractivity contribution in [2.24, 2.45) is 11.8 Å². The SMILES string of the molecule is CCCC(C(C)C)C(C(=O)O)N(O)C(=O)CNCC(O)P(C)(=O)O. The fraction of sp³-hybridized carbons (Fsp3) is 0.857. The molecule has 4 unspecified atom stereocenters. The van der Waals surface area contributed by atoms with E-state index in [1.165, 1.54) is 0 Å². The van der Waals surface area contributed by atoms with E-state index in [1.54, 1.807) is 0 Å². The minimum absolute atomic E-state index is 0.0522. The van der Waals surface area contributed by atoms with Gasteiger partial charge in [0.25, 0.3) is 5.91 Å². The van der Waals surface area contributed by atoms with Crippen molar-refractivity contribution in [3.05, 3.63) is 0 Å². The van der Waals surface area contributed by atoms with Gasteiger partial charge in [-0.3, -0.25) is 14.6 Å². The molecule has 0 heterocycles. The van der Waals surface area contributed by atoms with E-state index in [2.05, 4.69) is 5.32 Å². The molecule has 0 aliphatic rings. The molecule has 9 nitrogen and oxygen atoms in total. The Morgan fingerprint density at radius 1 is 1.29 bits per heavy atom. The van der Waals surface area contributed by atoms with Gasteiger partial charge in [-0.25, -0.2) is 9.86 Å². The molecule has 4 atom stereocenters. The van der Waals surface area contributed by atoms with Crippen molar-refractivity contribution in [1.29, 1.82) is 0 Å². The molecule has 0 aromatic carbocycles. The number of rotatable bonds is 11. The van der Waals surface area contributed by atoms with Gasteiger partial charge in [-0.15, -0.1) is 0 Å². The van der Waals surface area contributed by atoms with Crippen molar-refractivity contribution < 1.29 is 34.5 Å². The molecular formula is C14H29N2O7P. The maximum absolute atomic E-state index is 12.0. The Morgan fingerprint density at radius 3 is 2.21 bits per heavy atom. The number of carbonyl (C=O) groups is 2. The van der Waals surface area contributed by atoms with Gasteiger partial charge >= 0.3 is 5.97 Å². The molecule has 0 aromatic heterocycles. The van der Waals surface area contributed by atoms with Gasteiger partial charge in [-0.1, -0.05) is 27.2 Å². The lowest BCUT2D eigenvalue weighted by molar-refractivity contribution is -0.192. The molecule has 0 aromatic rings. The Kier molecular flexibility index (Phi) is 9.69. The summed E-state index contributed by atoms with van der Waals surface area (Å²) < 4.78 is 11.2. The number of amides is 1. The molecule has 0 spiro atoms. The molecule has 0 fully saturated rings. The summed E-state index contributed by atoms with van der Waals surface area (Å²) in [5.74, 6) is -4.20. The number of carboxylic acid groups (broad SMARTS) is 1. The normalized spacial score (nSPS) is 17.8. The summed E-state index contributed by atoms with van der Waals surface area (Å²) in [6, 6.07) is -1.38. The van der Waals surface area contributed by atoms with E-state index in [4.69, 9.17) is 4.89 Å². The van der Waals surface area contributed by atoms with E-state index in [9.17, 15) is 29.6 Å². The van der Waals surface area contributed by atoms with Crippen LogP contribution in [0.2, 0.25) is 0 Å². The highest BCUT2D eigenvalue weighted by Gasteiger charge is 2.37. The zero-order valence-electron chi connectivity index (χ0n) is 14.5. The quantitative estimate of drug-likeness (QED) is 0.202. The van der Waals surface area contributed by atoms with Gasteiger partial charge in [-0.2, -0.15) is 0 Å². The lowest BCUT2D eigenvalue weighted by Crippen LogP contribution is -2.51. The smallest absolute Gasteiger partial charge is 0.329 e. The average Bonchev–Trinajstić information content (AvgIpc) is 2.44. The summed E-state index contributed by atoms with van der Waals surface area (Å²) in [4.78, 5) is 32.6. The predicted molar refractivity (Wildman–Crippen MR) is 87.9 cm³/mol. The molecule has 0 aliphatic heterocycles. The number of aliphatic carboxylic acids is 1. The van der Waals surface area contributed by atoms with Crippen LogP contribution in [0.15, 0.2) is 0 Å². The summed E-state index contributed by atoms with van der Waals surface area (Å²) in [6.45, 7) is 5.72. The maximum atomic E-state index is 12.0. The Morgan fingerprint density at radius 2 is 1.83 bits per heavy atom. The van der Waals surface area contributed by atoms with Crippen molar-refractivity contribution in [1.82, 2.24) is 10.4 Å². The zero-order valence-corrected chi connectivity index (χ0v) is 15.4. The Labute approximate surface area is 142 Å². The van der Waals surface area contributed by atoms with Crippen LogP contribution in [0.4, 0.5) is 0 Å². The molecule has 10 heteroatoms. The Hall–Kier alpha value is -0.990. The molecule has 0 saturated heterocycles. The van der Waals surface area contributed by atoms with Crippen LogP contribution in [0.1, 0.15) is 33.6 Å². The maximum Gasteiger partial charge on any atom is 0.329 e. The molecule has 5 N–H and O–H groups in total. The number of hydrogen-bond acceptors (Lipinski definition) is 6. The number of nitrogens with zero attached hydrogens (tertiary/aromatic N) is 1. The lowest BCUT2D eigenvalue weighted by atomic mass is 9.84. The van der Waals surface area contributed by atoms with Crippen molar-refractivity contribution in [3.63, 3.8) is 0 Å². The number of hydroxylamine groups is 2. The molecule has 0 aliphatic carbocycles. The summed E-state index contributed by atoms with van der Waals surface area (Å²) in [5.41, 5.74) is 0. The zero-order chi connectivity index (χ0) is 19.1. The topological polar surface area (TPSA) is 147 Å². The van der Waals surface area contributed by atoms with Crippen LogP contribution in [-0.2, 0) is 14.2 Å². The summed E-state index contributed by atoms with van der Waals surface area (Å²) in [6.07, 6.45) is 1.25. The second-order valence-electron chi connectivity index (χ2n) is 6.27. The summed E-state index contributed by atoms with van der Waals surface area (Å²) in [7, 11) is -3.70. The lowest BCUT2D eigenvalue weighted by Gasteiger charge is -2.32. The fourth-order valence-electron chi connectivity index (χ4n) is 2.37. The van der Waals surface area contributed by atoms with Crippen LogP contribution in [0, 0.1) is 11.8 Å². The van der Waals surface area contributed by atoms with E-state index in [-0.39, 0.29) is 17.5 Å². The highest BCUT2D eigenvalue weighted by Crippen LogP contribution is 2.39. The van der Waals surface area contributed by atoms with Gasteiger partial charge in [0.15, 0.2) is 6.04 Å².